The molecule has 84 valence electrons. The number of hydrogen-bond donors (Lipinski definition) is 2. The maximum atomic E-state index is 10.9. The van der Waals surface area contributed by atoms with Crippen LogP contribution in [-0.4, -0.2) is 17.0 Å². The lowest BCUT2D eigenvalue weighted by Gasteiger charge is -2.06. The van der Waals surface area contributed by atoms with Gasteiger partial charge in [-0.3, -0.25) is 4.79 Å². The van der Waals surface area contributed by atoms with Crippen LogP contribution in [0.5, 0.6) is 0 Å². The van der Waals surface area contributed by atoms with Gasteiger partial charge in [0.1, 0.15) is 0 Å². The SMILES string of the molecule is CC(=O)Nc1cc(C=CC(=O)O)ccc1C. The molecule has 0 fully saturated rings. The van der Waals surface area contributed by atoms with Gasteiger partial charge in [-0.25, -0.2) is 4.79 Å². The number of amides is 1. The second kappa shape index (κ2) is 5.11. The Morgan fingerprint density at radius 1 is 1.38 bits per heavy atom. The van der Waals surface area contributed by atoms with Crippen molar-refractivity contribution in [1.29, 1.82) is 0 Å². The van der Waals surface area contributed by atoms with E-state index in [0.717, 1.165) is 17.2 Å². The summed E-state index contributed by atoms with van der Waals surface area (Å²) in [6.45, 7) is 3.30. The average Bonchev–Trinajstić information content (AvgIpc) is 2.18. The van der Waals surface area contributed by atoms with E-state index in [1.54, 1.807) is 12.1 Å². The molecule has 0 radical (unpaired) electrons. The lowest BCUT2D eigenvalue weighted by Crippen LogP contribution is -2.07. The lowest BCUT2D eigenvalue weighted by atomic mass is 10.1. The summed E-state index contributed by atoms with van der Waals surface area (Å²) in [5.74, 6) is -1.15. The molecule has 0 unspecified atom stereocenters. The van der Waals surface area contributed by atoms with E-state index in [4.69, 9.17) is 5.11 Å². The van der Waals surface area contributed by atoms with Crippen molar-refractivity contribution in [3.63, 3.8) is 0 Å². The maximum absolute atomic E-state index is 10.9. The minimum Gasteiger partial charge on any atom is -0.478 e. The molecule has 0 saturated heterocycles. The molecule has 16 heavy (non-hydrogen) atoms. The van der Waals surface area contributed by atoms with Gasteiger partial charge in [0, 0.05) is 18.7 Å². The van der Waals surface area contributed by atoms with Crippen LogP contribution in [0.2, 0.25) is 0 Å². The third-order valence-electron chi connectivity index (χ3n) is 1.99. The molecular weight excluding hydrogens is 206 g/mol. The van der Waals surface area contributed by atoms with Crippen molar-refractivity contribution in [2.75, 3.05) is 5.32 Å². The molecule has 4 nitrogen and oxygen atoms in total. The van der Waals surface area contributed by atoms with E-state index in [9.17, 15) is 9.59 Å². The molecule has 0 aromatic heterocycles. The quantitative estimate of drug-likeness (QED) is 0.764. The molecule has 1 amide bonds. The molecule has 0 atom stereocenters. The van der Waals surface area contributed by atoms with Crippen LogP contribution in [-0.2, 0) is 9.59 Å². The number of carboxylic acid groups (broad SMARTS) is 1. The number of aryl methyl sites for hydroxylation is 1. The average molecular weight is 219 g/mol. The fourth-order valence-corrected chi connectivity index (χ4v) is 1.24. The fourth-order valence-electron chi connectivity index (χ4n) is 1.24. The lowest BCUT2D eigenvalue weighted by molar-refractivity contribution is -0.131. The first-order chi connectivity index (χ1) is 7.49. The number of anilines is 1. The Hall–Kier alpha value is -2.10. The van der Waals surface area contributed by atoms with E-state index in [1.165, 1.54) is 13.0 Å². The van der Waals surface area contributed by atoms with Crippen molar-refractivity contribution in [2.45, 2.75) is 13.8 Å². The second-order valence-electron chi connectivity index (χ2n) is 3.43. The summed E-state index contributed by atoms with van der Waals surface area (Å²) in [7, 11) is 0. The third-order valence-corrected chi connectivity index (χ3v) is 1.99. The molecule has 1 aromatic rings. The second-order valence-corrected chi connectivity index (χ2v) is 3.43. The largest absolute Gasteiger partial charge is 0.478 e. The first-order valence-electron chi connectivity index (χ1n) is 4.78. The van der Waals surface area contributed by atoms with Crippen molar-refractivity contribution in [2.24, 2.45) is 0 Å². The summed E-state index contributed by atoms with van der Waals surface area (Å²) in [6.07, 6.45) is 2.54. The summed E-state index contributed by atoms with van der Waals surface area (Å²) < 4.78 is 0. The van der Waals surface area contributed by atoms with E-state index in [1.807, 2.05) is 13.0 Å². The fraction of sp³-hybridized carbons (Fsp3) is 0.167. The zero-order chi connectivity index (χ0) is 12.1. The van der Waals surface area contributed by atoms with Gasteiger partial charge in [-0.15, -0.1) is 0 Å². The number of carboxylic acids is 1. The van der Waals surface area contributed by atoms with Crippen LogP contribution in [0, 0.1) is 6.92 Å². The van der Waals surface area contributed by atoms with Crippen LogP contribution >= 0.6 is 0 Å². The Morgan fingerprint density at radius 2 is 2.06 bits per heavy atom. The topological polar surface area (TPSA) is 66.4 Å². The van der Waals surface area contributed by atoms with Crippen LogP contribution in [0.1, 0.15) is 18.1 Å². The van der Waals surface area contributed by atoms with Gasteiger partial charge in [0.15, 0.2) is 0 Å². The Kier molecular flexibility index (Phi) is 3.83. The van der Waals surface area contributed by atoms with Crippen LogP contribution < -0.4 is 5.32 Å². The summed E-state index contributed by atoms with van der Waals surface area (Å²) in [6, 6.07) is 5.35. The zero-order valence-electron chi connectivity index (χ0n) is 9.15. The number of nitrogens with one attached hydrogen (secondary N) is 1. The van der Waals surface area contributed by atoms with Gasteiger partial charge in [0.25, 0.3) is 0 Å². The smallest absolute Gasteiger partial charge is 0.328 e. The number of hydrogen-bond acceptors (Lipinski definition) is 2. The van der Waals surface area contributed by atoms with Gasteiger partial charge in [-0.2, -0.15) is 0 Å². The van der Waals surface area contributed by atoms with E-state index in [0.29, 0.717) is 5.69 Å². The molecule has 1 rings (SSSR count). The van der Waals surface area contributed by atoms with E-state index in [2.05, 4.69) is 5.32 Å². The highest BCUT2D eigenvalue weighted by Gasteiger charge is 2.00. The van der Waals surface area contributed by atoms with Gasteiger partial charge in [0.2, 0.25) is 5.91 Å². The van der Waals surface area contributed by atoms with E-state index >= 15 is 0 Å². The van der Waals surface area contributed by atoms with Gasteiger partial charge < -0.3 is 10.4 Å². The maximum Gasteiger partial charge on any atom is 0.328 e. The Labute approximate surface area is 93.6 Å². The van der Waals surface area contributed by atoms with Crippen LogP contribution in [0.3, 0.4) is 0 Å². The summed E-state index contributed by atoms with van der Waals surface area (Å²) in [4.78, 5) is 21.3. The number of aliphatic carboxylic acids is 1. The number of carbonyl (C=O) groups is 2. The molecule has 1 aromatic carbocycles. The molecule has 0 heterocycles. The molecule has 0 saturated carbocycles. The summed E-state index contributed by atoms with van der Waals surface area (Å²) in [5.41, 5.74) is 2.36. The Morgan fingerprint density at radius 3 is 2.62 bits per heavy atom. The molecule has 0 spiro atoms. The van der Waals surface area contributed by atoms with Crippen LogP contribution in [0.25, 0.3) is 6.08 Å². The predicted octanol–water partition coefficient (Wildman–Crippen LogP) is 2.05. The van der Waals surface area contributed by atoms with Crippen molar-refractivity contribution < 1.29 is 14.7 Å². The molecule has 0 aliphatic rings. The Bertz CT molecular complexity index is 450. The normalized spacial score (nSPS) is 10.4. The van der Waals surface area contributed by atoms with Gasteiger partial charge >= 0.3 is 5.97 Å². The highest BCUT2D eigenvalue weighted by Crippen LogP contribution is 2.17. The number of rotatable bonds is 3. The third kappa shape index (κ3) is 3.57. The summed E-state index contributed by atoms with van der Waals surface area (Å²) in [5, 5.41) is 11.2. The molecule has 0 aliphatic heterocycles. The minimum atomic E-state index is -0.998. The molecule has 4 heteroatoms. The predicted molar refractivity (Wildman–Crippen MR) is 62.2 cm³/mol. The number of carbonyl (C=O) groups excluding carboxylic acids is 1. The Balaban J connectivity index is 2.97. The van der Waals surface area contributed by atoms with Crippen LogP contribution in [0.4, 0.5) is 5.69 Å². The first-order valence-corrected chi connectivity index (χ1v) is 4.78. The summed E-state index contributed by atoms with van der Waals surface area (Å²) >= 11 is 0. The first kappa shape index (κ1) is 12.0. The van der Waals surface area contributed by atoms with E-state index in [-0.39, 0.29) is 5.91 Å². The monoisotopic (exact) mass is 219 g/mol. The molecule has 0 bridgehead atoms. The molecule has 2 N–H and O–H groups in total. The van der Waals surface area contributed by atoms with E-state index < -0.39 is 5.97 Å². The standard InChI is InChI=1S/C12H13NO3/c1-8-3-4-10(5-6-12(15)16)7-11(8)13-9(2)14/h3-7H,1-2H3,(H,13,14)(H,15,16). The minimum absolute atomic E-state index is 0.150. The van der Waals surface area contributed by atoms with Crippen molar-refractivity contribution in [3.05, 3.63) is 35.4 Å². The highest BCUT2D eigenvalue weighted by atomic mass is 16.4. The molecule has 0 aliphatic carbocycles. The highest BCUT2D eigenvalue weighted by molar-refractivity contribution is 5.90. The van der Waals surface area contributed by atoms with Gasteiger partial charge in [0.05, 0.1) is 0 Å². The molecular formula is C12H13NO3. The van der Waals surface area contributed by atoms with Crippen molar-refractivity contribution in [3.8, 4) is 0 Å². The van der Waals surface area contributed by atoms with Crippen molar-refractivity contribution in [1.82, 2.24) is 0 Å². The van der Waals surface area contributed by atoms with Gasteiger partial charge in [-0.05, 0) is 30.2 Å². The zero-order valence-corrected chi connectivity index (χ0v) is 9.15. The van der Waals surface area contributed by atoms with Gasteiger partial charge in [-0.1, -0.05) is 12.1 Å². The van der Waals surface area contributed by atoms with Crippen molar-refractivity contribution >= 4 is 23.6 Å². The number of benzene rings is 1. The van der Waals surface area contributed by atoms with Crippen LogP contribution in [0.15, 0.2) is 24.3 Å².